The van der Waals surface area contributed by atoms with Crippen molar-refractivity contribution in [2.75, 3.05) is 0 Å². The summed E-state index contributed by atoms with van der Waals surface area (Å²) in [4.78, 5) is 25.6. The SMILES string of the molecule is O=P([O-])([O-])[O-].S.[Mo+4].[Zn+2]. The first-order chi connectivity index (χ1) is 2.00. The number of rotatable bonds is 0. The van der Waals surface area contributed by atoms with Crippen LogP contribution in [0.25, 0.3) is 0 Å². The van der Waals surface area contributed by atoms with E-state index in [2.05, 4.69) is 0 Å². The van der Waals surface area contributed by atoms with Gasteiger partial charge in [-0.3, -0.25) is 0 Å². The Morgan fingerprint density at radius 2 is 1.12 bits per heavy atom. The van der Waals surface area contributed by atoms with Crippen LogP contribution in [0, 0.1) is 0 Å². The largest absolute Gasteiger partial charge is 4.00 e. The van der Waals surface area contributed by atoms with Crippen LogP contribution in [-0.2, 0) is 45.1 Å². The van der Waals surface area contributed by atoms with Gasteiger partial charge in [0, 0.05) is 0 Å². The normalized spacial score (nSPS) is 7.38. The van der Waals surface area contributed by atoms with Crippen LogP contribution in [0.15, 0.2) is 0 Å². The molecule has 0 fully saturated rings. The molecule has 0 aliphatic rings. The van der Waals surface area contributed by atoms with Crippen molar-refractivity contribution in [2.45, 2.75) is 0 Å². The van der Waals surface area contributed by atoms with Crippen molar-refractivity contribution in [3.05, 3.63) is 0 Å². The molecule has 0 spiro atoms. The van der Waals surface area contributed by atoms with Crippen LogP contribution in [0.1, 0.15) is 0 Å². The molecule has 0 rings (SSSR count). The van der Waals surface area contributed by atoms with E-state index < -0.39 is 7.82 Å². The van der Waals surface area contributed by atoms with Gasteiger partial charge in [0.2, 0.25) is 0 Å². The molecule has 8 heavy (non-hydrogen) atoms. The van der Waals surface area contributed by atoms with E-state index >= 15 is 0 Å². The summed E-state index contributed by atoms with van der Waals surface area (Å²) in [5, 5.41) is 0. The maximum Gasteiger partial charge on any atom is 4.00 e. The van der Waals surface area contributed by atoms with Crippen LogP contribution >= 0.6 is 21.3 Å². The number of hydrogen-bond donors (Lipinski definition) is 0. The first kappa shape index (κ1) is 22.6. The van der Waals surface area contributed by atoms with Gasteiger partial charge in [0.25, 0.3) is 0 Å². The molecule has 0 heterocycles. The van der Waals surface area contributed by atoms with Crippen molar-refractivity contribution in [1.82, 2.24) is 0 Å². The van der Waals surface area contributed by atoms with Gasteiger partial charge < -0.3 is 19.2 Å². The van der Waals surface area contributed by atoms with E-state index in [0.29, 0.717) is 0 Å². The Hall–Kier alpha value is 1.77. The molecule has 0 unspecified atom stereocenters. The molecule has 8 heteroatoms. The molecule has 0 aliphatic carbocycles. The second-order valence-corrected chi connectivity index (χ2v) is 1.34. The topological polar surface area (TPSA) is 86.2 Å². The molecule has 0 aromatic rings. The van der Waals surface area contributed by atoms with Crippen molar-refractivity contribution in [2.24, 2.45) is 0 Å². The monoisotopic (exact) mass is 291 g/mol. The van der Waals surface area contributed by atoms with Crippen LogP contribution in [-0.4, -0.2) is 0 Å². The van der Waals surface area contributed by atoms with Crippen LogP contribution < -0.4 is 14.7 Å². The molecule has 0 aliphatic heterocycles. The van der Waals surface area contributed by atoms with Gasteiger partial charge in [-0.2, -0.15) is 21.3 Å². The van der Waals surface area contributed by atoms with E-state index in [0.717, 1.165) is 0 Å². The van der Waals surface area contributed by atoms with Crippen LogP contribution in [0.5, 0.6) is 0 Å². The van der Waals surface area contributed by atoms with Gasteiger partial charge in [0.15, 0.2) is 0 Å². The molecular weight excluding hydrogens is 288 g/mol. The third-order valence-corrected chi connectivity index (χ3v) is 0. The zero-order valence-electron chi connectivity index (χ0n) is 3.70. The Bertz CT molecular complexity index is 62.2. The second-order valence-electron chi connectivity index (χ2n) is 0.447. The molecule has 0 aromatic heterocycles. The van der Waals surface area contributed by atoms with E-state index in [1.165, 1.54) is 0 Å². The number of hydrogen-bond acceptors (Lipinski definition) is 4. The summed E-state index contributed by atoms with van der Waals surface area (Å²) in [5.41, 5.74) is 0. The van der Waals surface area contributed by atoms with Gasteiger partial charge in [-0.1, -0.05) is 0 Å². The third-order valence-electron chi connectivity index (χ3n) is 0. The molecule has 0 N–H and O–H groups in total. The van der Waals surface area contributed by atoms with Gasteiger partial charge in [-0.05, 0) is 0 Å². The smallest absolute Gasteiger partial charge is 0.822 e. The molecule has 42 valence electrons. The summed E-state index contributed by atoms with van der Waals surface area (Å²) in [5.74, 6) is 0. The Kier molecular flexibility index (Phi) is 24.7. The fourth-order valence-corrected chi connectivity index (χ4v) is 0. The minimum Gasteiger partial charge on any atom is -0.822 e. The van der Waals surface area contributed by atoms with Crippen LogP contribution in [0.3, 0.4) is 0 Å². The molecule has 0 bridgehead atoms. The zero-order chi connectivity index (χ0) is 4.50. The maximum atomic E-state index is 8.55. The van der Waals surface area contributed by atoms with Gasteiger partial charge >= 0.3 is 40.5 Å². The number of phosphoric acid groups is 1. The predicted octanol–water partition coefficient (Wildman–Crippen LogP) is -2.72. The molecule has 4 nitrogen and oxygen atoms in total. The molecule has 0 saturated carbocycles. The van der Waals surface area contributed by atoms with Gasteiger partial charge in [0.1, 0.15) is 0 Å². The standard InChI is InChI=1S/Mo.H3O4P.H2S.Zn/c;1-5(2,3)4;;/h;(H3,1,2,3,4);1H2;/q+4;;;+2/p-3. The first-order valence-corrected chi connectivity index (χ1v) is 2.19. The summed E-state index contributed by atoms with van der Waals surface area (Å²) in [6.45, 7) is 0. The van der Waals surface area contributed by atoms with Crippen molar-refractivity contribution in [3.8, 4) is 0 Å². The molecule has 0 amide bonds. The summed E-state index contributed by atoms with van der Waals surface area (Å²) in [7, 11) is -5.39. The van der Waals surface area contributed by atoms with Crippen molar-refractivity contribution in [1.29, 1.82) is 0 Å². The summed E-state index contributed by atoms with van der Waals surface area (Å²) >= 11 is 0. The van der Waals surface area contributed by atoms with E-state index in [-0.39, 0.29) is 54.0 Å². The molecule has 0 aromatic carbocycles. The fraction of sp³-hybridized carbons (Fsp3) is 0. The quantitative estimate of drug-likeness (QED) is 0.358. The zero-order valence-corrected chi connectivity index (χ0v) is 10.6. The average molecular weight is 290 g/mol. The average Bonchev–Trinajstić information content (AvgIpc) is 0.722. The van der Waals surface area contributed by atoms with E-state index in [4.69, 9.17) is 19.2 Å². The second kappa shape index (κ2) is 8.77. The summed E-state index contributed by atoms with van der Waals surface area (Å²) in [6.07, 6.45) is 0. The third kappa shape index (κ3) is 114. The minimum absolute atomic E-state index is 0. The van der Waals surface area contributed by atoms with Crippen LogP contribution in [0.4, 0.5) is 0 Å². The van der Waals surface area contributed by atoms with E-state index in [9.17, 15) is 0 Å². The minimum atomic E-state index is -5.39. The van der Waals surface area contributed by atoms with Crippen molar-refractivity contribution in [3.63, 3.8) is 0 Å². The summed E-state index contributed by atoms with van der Waals surface area (Å²) in [6, 6.07) is 0. The Morgan fingerprint density at radius 3 is 1.12 bits per heavy atom. The van der Waals surface area contributed by atoms with Gasteiger partial charge in [-0.25, -0.2) is 0 Å². The van der Waals surface area contributed by atoms with Gasteiger partial charge in [-0.15, -0.1) is 0 Å². The predicted molar refractivity (Wildman–Crippen MR) is 18.0 cm³/mol. The van der Waals surface area contributed by atoms with Gasteiger partial charge in [0.05, 0.1) is 0 Å². The van der Waals surface area contributed by atoms with Crippen molar-refractivity contribution >= 4 is 21.3 Å². The Balaban J connectivity index is -0.0000000267. The molecule has 0 radical (unpaired) electrons. The fourth-order valence-electron chi connectivity index (χ4n) is 0. The first-order valence-electron chi connectivity index (χ1n) is 0.730. The molecule has 0 saturated heterocycles. The van der Waals surface area contributed by atoms with E-state index in [1.54, 1.807) is 0 Å². The van der Waals surface area contributed by atoms with E-state index in [1.807, 2.05) is 0 Å². The van der Waals surface area contributed by atoms with Crippen molar-refractivity contribution < 1.29 is 59.8 Å². The van der Waals surface area contributed by atoms with Crippen LogP contribution in [0.2, 0.25) is 0 Å². The molecular formula is H2MoO4PSZn+3. The Labute approximate surface area is 80.8 Å². The maximum absolute atomic E-state index is 8.55. The summed E-state index contributed by atoms with van der Waals surface area (Å²) < 4.78 is 8.55. The Morgan fingerprint density at radius 1 is 1.12 bits per heavy atom. The molecule has 0 atom stereocenters.